The van der Waals surface area contributed by atoms with Gasteiger partial charge in [0.1, 0.15) is 5.82 Å². The van der Waals surface area contributed by atoms with Gasteiger partial charge in [-0.15, -0.1) is 0 Å². The summed E-state index contributed by atoms with van der Waals surface area (Å²) in [5.74, 6) is -0.0187. The van der Waals surface area contributed by atoms with Crippen LogP contribution in [0.2, 0.25) is 0 Å². The van der Waals surface area contributed by atoms with E-state index in [1.54, 1.807) is 12.1 Å². The second kappa shape index (κ2) is 9.71. The fraction of sp³-hybridized carbons (Fsp3) is 0.350. The molecule has 0 aromatic heterocycles. The van der Waals surface area contributed by atoms with Gasteiger partial charge >= 0.3 is 0 Å². The third-order valence-electron chi connectivity index (χ3n) is 4.77. The van der Waals surface area contributed by atoms with Crippen LogP contribution in [0, 0.1) is 5.82 Å². The number of hydrogen-bond donors (Lipinski definition) is 2. The molecular formula is C20H26FN5O2S. The van der Waals surface area contributed by atoms with Crippen molar-refractivity contribution in [2.24, 2.45) is 10.7 Å². The average molecular weight is 420 g/mol. The maximum Gasteiger partial charge on any atom is 0.213 e. The molecule has 0 saturated carbocycles. The number of aliphatic imine (C=N–C) groups is 1. The number of nitrogens with one attached hydrogen (secondary N) is 1. The molecule has 3 rings (SSSR count). The Labute approximate surface area is 171 Å². The van der Waals surface area contributed by atoms with Crippen molar-refractivity contribution < 1.29 is 12.8 Å². The van der Waals surface area contributed by atoms with Crippen LogP contribution < -0.4 is 15.4 Å². The first-order valence-electron chi connectivity index (χ1n) is 9.49. The zero-order valence-corrected chi connectivity index (χ0v) is 17.0. The van der Waals surface area contributed by atoms with Crippen LogP contribution in [-0.2, 0) is 16.6 Å². The Hall–Kier alpha value is -2.65. The quantitative estimate of drug-likeness (QED) is 0.523. The van der Waals surface area contributed by atoms with E-state index in [9.17, 15) is 12.8 Å². The van der Waals surface area contributed by atoms with Crippen molar-refractivity contribution in [1.82, 2.24) is 9.62 Å². The summed E-state index contributed by atoms with van der Waals surface area (Å²) in [4.78, 5) is 8.32. The maximum absolute atomic E-state index is 13.1. The molecule has 2 aromatic rings. The highest BCUT2D eigenvalue weighted by molar-refractivity contribution is 7.89. The Bertz CT molecular complexity index is 912. The Balaban J connectivity index is 1.43. The molecule has 0 atom stereocenters. The van der Waals surface area contributed by atoms with Crippen molar-refractivity contribution in [3.8, 4) is 0 Å². The molecule has 0 spiro atoms. The van der Waals surface area contributed by atoms with E-state index in [1.165, 1.54) is 12.1 Å². The first-order valence-corrected chi connectivity index (χ1v) is 11.1. The van der Waals surface area contributed by atoms with Crippen molar-refractivity contribution in [1.29, 1.82) is 0 Å². The van der Waals surface area contributed by atoms with E-state index in [2.05, 4.69) is 14.6 Å². The van der Waals surface area contributed by atoms with E-state index in [4.69, 9.17) is 5.73 Å². The van der Waals surface area contributed by atoms with Gasteiger partial charge in [-0.1, -0.05) is 30.3 Å². The minimum atomic E-state index is -3.42. The number of halogens is 1. The zero-order chi connectivity index (χ0) is 20.7. The van der Waals surface area contributed by atoms with Crippen LogP contribution in [0.15, 0.2) is 59.6 Å². The number of rotatable bonds is 7. The lowest BCUT2D eigenvalue weighted by Crippen LogP contribution is -2.51. The predicted molar refractivity (Wildman–Crippen MR) is 114 cm³/mol. The molecule has 7 nitrogen and oxygen atoms in total. The highest BCUT2D eigenvalue weighted by atomic mass is 32.2. The lowest BCUT2D eigenvalue weighted by Gasteiger charge is -2.36. The molecule has 0 aliphatic carbocycles. The second-order valence-electron chi connectivity index (χ2n) is 6.82. The summed E-state index contributed by atoms with van der Waals surface area (Å²) in [6.07, 6.45) is 0. The summed E-state index contributed by atoms with van der Waals surface area (Å²) in [5, 5.41) is 0. The standard InChI is InChI=1S/C20H26FN5O2S/c21-18-6-8-19(9-7-18)25-11-13-26(14-12-25)20(22)23-10-15-29(27,28)24-16-17-4-2-1-3-5-17/h1-9,24H,10-16H2,(H2,22,23). The van der Waals surface area contributed by atoms with Crippen LogP contribution >= 0.6 is 0 Å². The van der Waals surface area contributed by atoms with Gasteiger partial charge in [-0.05, 0) is 29.8 Å². The first-order chi connectivity index (χ1) is 13.9. The van der Waals surface area contributed by atoms with Gasteiger partial charge in [0, 0.05) is 38.4 Å². The number of guanidine groups is 1. The highest BCUT2D eigenvalue weighted by Crippen LogP contribution is 2.16. The van der Waals surface area contributed by atoms with Gasteiger partial charge in [-0.3, -0.25) is 4.99 Å². The van der Waals surface area contributed by atoms with Gasteiger partial charge in [0.15, 0.2) is 5.96 Å². The first kappa shape index (κ1) is 21.1. The van der Waals surface area contributed by atoms with Gasteiger partial charge < -0.3 is 15.5 Å². The topological polar surface area (TPSA) is 91.0 Å². The highest BCUT2D eigenvalue weighted by Gasteiger charge is 2.19. The molecule has 0 amide bonds. The predicted octanol–water partition coefficient (Wildman–Crippen LogP) is 1.38. The van der Waals surface area contributed by atoms with E-state index in [0.29, 0.717) is 19.0 Å². The van der Waals surface area contributed by atoms with Gasteiger partial charge in [0.25, 0.3) is 0 Å². The van der Waals surface area contributed by atoms with E-state index in [1.807, 2.05) is 35.2 Å². The van der Waals surface area contributed by atoms with Crippen molar-refractivity contribution in [3.05, 3.63) is 66.0 Å². The van der Waals surface area contributed by atoms with E-state index in [0.717, 1.165) is 24.3 Å². The fourth-order valence-electron chi connectivity index (χ4n) is 3.09. The molecule has 3 N–H and O–H groups in total. The molecule has 0 radical (unpaired) electrons. The number of anilines is 1. The second-order valence-corrected chi connectivity index (χ2v) is 8.74. The summed E-state index contributed by atoms with van der Waals surface area (Å²) in [6, 6.07) is 15.8. The number of nitrogens with two attached hydrogens (primary N) is 1. The summed E-state index contributed by atoms with van der Waals surface area (Å²) in [6.45, 7) is 3.18. The number of hydrogen-bond acceptors (Lipinski definition) is 4. The van der Waals surface area contributed by atoms with E-state index < -0.39 is 10.0 Å². The molecule has 1 aliphatic rings. The monoisotopic (exact) mass is 419 g/mol. The van der Waals surface area contributed by atoms with Gasteiger partial charge in [-0.25, -0.2) is 17.5 Å². The fourth-order valence-corrected chi connectivity index (χ4v) is 3.95. The number of piperazine rings is 1. The summed E-state index contributed by atoms with van der Waals surface area (Å²) in [5.41, 5.74) is 7.91. The van der Waals surface area contributed by atoms with Crippen LogP contribution in [0.1, 0.15) is 5.56 Å². The van der Waals surface area contributed by atoms with Crippen LogP contribution in [0.3, 0.4) is 0 Å². The molecule has 0 bridgehead atoms. The Morgan fingerprint density at radius 2 is 1.69 bits per heavy atom. The molecule has 2 aromatic carbocycles. The van der Waals surface area contributed by atoms with E-state index >= 15 is 0 Å². The molecular weight excluding hydrogens is 393 g/mol. The van der Waals surface area contributed by atoms with Crippen molar-refractivity contribution >= 4 is 21.7 Å². The van der Waals surface area contributed by atoms with Crippen molar-refractivity contribution in [2.45, 2.75) is 6.54 Å². The summed E-state index contributed by atoms with van der Waals surface area (Å²) in [7, 11) is -3.42. The minimum Gasteiger partial charge on any atom is -0.370 e. The Kier molecular flexibility index (Phi) is 7.05. The Morgan fingerprint density at radius 3 is 2.34 bits per heavy atom. The van der Waals surface area contributed by atoms with Crippen molar-refractivity contribution in [3.63, 3.8) is 0 Å². The summed E-state index contributed by atoms with van der Waals surface area (Å²) < 4.78 is 39.9. The van der Waals surface area contributed by atoms with Gasteiger partial charge in [-0.2, -0.15) is 0 Å². The normalized spacial score (nSPS) is 15.6. The number of sulfonamides is 1. The lowest BCUT2D eigenvalue weighted by atomic mass is 10.2. The Morgan fingerprint density at radius 1 is 1.03 bits per heavy atom. The average Bonchev–Trinajstić information content (AvgIpc) is 2.74. The molecule has 1 saturated heterocycles. The molecule has 29 heavy (non-hydrogen) atoms. The molecule has 1 fully saturated rings. The molecule has 1 heterocycles. The third kappa shape index (κ3) is 6.43. The van der Waals surface area contributed by atoms with E-state index in [-0.39, 0.29) is 24.7 Å². The van der Waals surface area contributed by atoms with Crippen LogP contribution in [0.25, 0.3) is 0 Å². The summed E-state index contributed by atoms with van der Waals surface area (Å²) >= 11 is 0. The van der Waals surface area contributed by atoms with Crippen LogP contribution in [0.4, 0.5) is 10.1 Å². The van der Waals surface area contributed by atoms with Gasteiger partial charge in [0.2, 0.25) is 10.0 Å². The van der Waals surface area contributed by atoms with Gasteiger partial charge in [0.05, 0.1) is 12.3 Å². The smallest absolute Gasteiger partial charge is 0.213 e. The largest absolute Gasteiger partial charge is 0.370 e. The zero-order valence-electron chi connectivity index (χ0n) is 16.2. The number of benzene rings is 2. The third-order valence-corrected chi connectivity index (χ3v) is 6.07. The maximum atomic E-state index is 13.1. The number of nitrogens with zero attached hydrogens (tertiary/aromatic N) is 3. The van der Waals surface area contributed by atoms with Crippen LogP contribution in [-0.4, -0.2) is 57.8 Å². The molecule has 9 heteroatoms. The molecule has 0 unspecified atom stereocenters. The molecule has 156 valence electrons. The van der Waals surface area contributed by atoms with Crippen molar-refractivity contribution in [2.75, 3.05) is 43.4 Å². The van der Waals surface area contributed by atoms with Crippen LogP contribution in [0.5, 0.6) is 0 Å². The lowest BCUT2D eigenvalue weighted by molar-refractivity contribution is 0.381. The molecule has 1 aliphatic heterocycles. The SMILES string of the molecule is NC(=NCCS(=O)(=O)NCc1ccccc1)N1CCN(c2ccc(F)cc2)CC1. The minimum absolute atomic E-state index is 0.105.